The summed E-state index contributed by atoms with van der Waals surface area (Å²) in [7, 11) is 0. The summed E-state index contributed by atoms with van der Waals surface area (Å²) < 4.78 is 10.4. The van der Waals surface area contributed by atoms with Gasteiger partial charge < -0.3 is 14.4 Å². The van der Waals surface area contributed by atoms with E-state index in [9.17, 15) is 9.59 Å². The van der Waals surface area contributed by atoms with Crippen molar-refractivity contribution in [3.63, 3.8) is 0 Å². The molecule has 0 atom stereocenters. The van der Waals surface area contributed by atoms with E-state index in [1.807, 2.05) is 49.4 Å². The number of carbonyl (C=O) groups is 2. The molecule has 144 valence electrons. The van der Waals surface area contributed by atoms with Crippen molar-refractivity contribution in [2.75, 3.05) is 19.8 Å². The van der Waals surface area contributed by atoms with E-state index >= 15 is 0 Å². The molecule has 27 heavy (non-hydrogen) atoms. The third-order valence-corrected chi connectivity index (χ3v) is 3.91. The fraction of sp³-hybridized carbons (Fsp3) is 0.381. The molecule has 6 heteroatoms. The van der Waals surface area contributed by atoms with Crippen LogP contribution in [0.15, 0.2) is 48.7 Å². The van der Waals surface area contributed by atoms with Gasteiger partial charge in [-0.25, -0.2) is 0 Å². The van der Waals surface area contributed by atoms with Gasteiger partial charge in [-0.1, -0.05) is 18.2 Å². The van der Waals surface area contributed by atoms with Crippen molar-refractivity contribution in [1.29, 1.82) is 0 Å². The number of amides is 1. The smallest absolute Gasteiger partial charge is 0.307 e. The van der Waals surface area contributed by atoms with Gasteiger partial charge in [-0.15, -0.1) is 0 Å². The third kappa shape index (κ3) is 7.09. The zero-order chi connectivity index (χ0) is 19.5. The van der Waals surface area contributed by atoms with Crippen molar-refractivity contribution < 1.29 is 19.1 Å². The lowest BCUT2D eigenvalue weighted by Crippen LogP contribution is -2.34. The molecular weight excluding hydrogens is 344 g/mol. The molecular formula is C21H26N2O4. The number of carbonyl (C=O) groups excluding carboxylic acids is 2. The molecule has 0 N–H and O–H groups in total. The van der Waals surface area contributed by atoms with Crippen molar-refractivity contribution in [3.05, 3.63) is 59.9 Å². The van der Waals surface area contributed by atoms with Gasteiger partial charge in [0.15, 0.2) is 0 Å². The van der Waals surface area contributed by atoms with E-state index in [0.717, 1.165) is 17.0 Å². The van der Waals surface area contributed by atoms with Crippen LogP contribution in [0.2, 0.25) is 0 Å². The minimum atomic E-state index is -0.308. The molecule has 1 heterocycles. The number of rotatable bonds is 10. The molecule has 1 aromatic carbocycles. The molecule has 0 unspecified atom stereocenters. The van der Waals surface area contributed by atoms with Gasteiger partial charge >= 0.3 is 5.97 Å². The Morgan fingerprint density at radius 2 is 1.81 bits per heavy atom. The Hall–Kier alpha value is -2.89. The van der Waals surface area contributed by atoms with Gasteiger partial charge in [-0.2, -0.15) is 0 Å². The number of aromatic nitrogens is 1. The van der Waals surface area contributed by atoms with E-state index in [-0.39, 0.29) is 24.7 Å². The Balaban J connectivity index is 2.03. The summed E-state index contributed by atoms with van der Waals surface area (Å²) in [6.07, 6.45) is 2.10. The second-order valence-electron chi connectivity index (χ2n) is 5.95. The lowest BCUT2D eigenvalue weighted by molar-refractivity contribution is -0.144. The maximum absolute atomic E-state index is 12.8. The molecule has 0 saturated heterocycles. The second-order valence-corrected chi connectivity index (χ2v) is 5.95. The van der Waals surface area contributed by atoms with E-state index in [4.69, 9.17) is 9.47 Å². The summed E-state index contributed by atoms with van der Waals surface area (Å²) in [4.78, 5) is 30.4. The van der Waals surface area contributed by atoms with Gasteiger partial charge in [0.25, 0.3) is 0 Å². The Morgan fingerprint density at radius 1 is 1.04 bits per heavy atom. The maximum Gasteiger partial charge on any atom is 0.307 e. The lowest BCUT2D eigenvalue weighted by atomic mass is 10.1. The number of hydrogen-bond donors (Lipinski definition) is 0. The van der Waals surface area contributed by atoms with Crippen LogP contribution in [0.4, 0.5) is 0 Å². The number of benzene rings is 1. The van der Waals surface area contributed by atoms with Crippen LogP contribution in [-0.4, -0.2) is 41.5 Å². The largest absolute Gasteiger partial charge is 0.494 e. The topological polar surface area (TPSA) is 68.7 Å². The Bertz CT molecular complexity index is 717. The molecule has 0 spiro atoms. The Labute approximate surface area is 160 Å². The molecule has 2 rings (SSSR count). The summed E-state index contributed by atoms with van der Waals surface area (Å²) in [5, 5.41) is 0. The first-order valence-electron chi connectivity index (χ1n) is 9.17. The second kappa shape index (κ2) is 11.0. The highest BCUT2D eigenvalue weighted by Gasteiger charge is 2.17. The molecule has 2 aromatic rings. The summed E-state index contributed by atoms with van der Waals surface area (Å²) in [5.41, 5.74) is 1.67. The monoisotopic (exact) mass is 370 g/mol. The van der Waals surface area contributed by atoms with Crippen LogP contribution in [0.3, 0.4) is 0 Å². The van der Waals surface area contributed by atoms with Crippen LogP contribution in [-0.2, 0) is 27.3 Å². The standard InChI is InChI=1S/C21H26N2O4/c1-3-26-19-10-8-17(9-11-19)15-20(24)23(14-12-21(25)27-4-2)16-18-7-5-6-13-22-18/h5-11,13H,3-4,12,14-16H2,1-2H3. The first kappa shape index (κ1) is 20.4. The predicted octanol–water partition coefficient (Wildman–Crippen LogP) is 3.00. The minimum Gasteiger partial charge on any atom is -0.494 e. The van der Waals surface area contributed by atoms with Crippen LogP contribution >= 0.6 is 0 Å². The quantitative estimate of drug-likeness (QED) is 0.602. The van der Waals surface area contributed by atoms with Gasteiger partial charge in [-0.05, 0) is 43.7 Å². The highest BCUT2D eigenvalue weighted by atomic mass is 16.5. The van der Waals surface area contributed by atoms with Crippen molar-refractivity contribution in [1.82, 2.24) is 9.88 Å². The van der Waals surface area contributed by atoms with Crippen LogP contribution in [0.5, 0.6) is 5.75 Å². The molecule has 0 aliphatic carbocycles. The van der Waals surface area contributed by atoms with Crippen molar-refractivity contribution in [2.24, 2.45) is 0 Å². The fourth-order valence-corrected chi connectivity index (χ4v) is 2.60. The first-order valence-corrected chi connectivity index (χ1v) is 9.17. The predicted molar refractivity (Wildman–Crippen MR) is 102 cm³/mol. The summed E-state index contributed by atoms with van der Waals surface area (Å²) in [6.45, 7) is 5.28. The van der Waals surface area contributed by atoms with Gasteiger partial charge in [0.1, 0.15) is 5.75 Å². The zero-order valence-electron chi connectivity index (χ0n) is 15.9. The van der Waals surface area contributed by atoms with Gasteiger partial charge in [0.05, 0.1) is 38.3 Å². The van der Waals surface area contributed by atoms with Gasteiger partial charge in [-0.3, -0.25) is 14.6 Å². The van der Waals surface area contributed by atoms with Crippen molar-refractivity contribution in [3.8, 4) is 5.75 Å². The third-order valence-electron chi connectivity index (χ3n) is 3.91. The summed E-state index contributed by atoms with van der Waals surface area (Å²) >= 11 is 0. The van der Waals surface area contributed by atoms with Crippen LogP contribution in [0.1, 0.15) is 31.5 Å². The number of esters is 1. The number of nitrogens with zero attached hydrogens (tertiary/aromatic N) is 2. The highest BCUT2D eigenvalue weighted by molar-refractivity contribution is 5.79. The lowest BCUT2D eigenvalue weighted by Gasteiger charge is -2.22. The SMILES string of the molecule is CCOC(=O)CCN(Cc1ccccn1)C(=O)Cc1ccc(OCC)cc1. The molecule has 0 bridgehead atoms. The average Bonchev–Trinajstić information content (AvgIpc) is 2.68. The molecule has 1 amide bonds. The summed E-state index contributed by atoms with van der Waals surface area (Å²) in [5.74, 6) is 0.410. The molecule has 0 radical (unpaired) electrons. The molecule has 0 saturated carbocycles. The maximum atomic E-state index is 12.8. The van der Waals surface area contributed by atoms with E-state index in [1.54, 1.807) is 18.0 Å². The molecule has 0 fully saturated rings. The number of pyridine rings is 1. The molecule has 1 aromatic heterocycles. The van der Waals surface area contributed by atoms with Crippen LogP contribution in [0, 0.1) is 0 Å². The van der Waals surface area contributed by atoms with Crippen LogP contribution in [0.25, 0.3) is 0 Å². The van der Waals surface area contributed by atoms with Gasteiger partial charge in [0.2, 0.25) is 5.91 Å². The van der Waals surface area contributed by atoms with Crippen molar-refractivity contribution >= 4 is 11.9 Å². The molecule has 0 aliphatic heterocycles. The van der Waals surface area contributed by atoms with E-state index in [1.165, 1.54) is 0 Å². The number of ether oxygens (including phenoxy) is 2. The average molecular weight is 370 g/mol. The van der Waals surface area contributed by atoms with Crippen molar-refractivity contribution in [2.45, 2.75) is 33.2 Å². The Morgan fingerprint density at radius 3 is 2.44 bits per heavy atom. The zero-order valence-corrected chi connectivity index (χ0v) is 15.9. The normalized spacial score (nSPS) is 10.3. The van der Waals surface area contributed by atoms with E-state index in [0.29, 0.717) is 26.3 Å². The Kier molecular flexibility index (Phi) is 8.29. The first-order chi connectivity index (χ1) is 13.1. The molecule has 0 aliphatic rings. The summed E-state index contributed by atoms with van der Waals surface area (Å²) in [6, 6.07) is 13.0. The van der Waals surface area contributed by atoms with E-state index in [2.05, 4.69) is 4.98 Å². The van der Waals surface area contributed by atoms with Gasteiger partial charge in [0, 0.05) is 12.7 Å². The highest BCUT2D eigenvalue weighted by Crippen LogP contribution is 2.14. The number of hydrogen-bond acceptors (Lipinski definition) is 5. The van der Waals surface area contributed by atoms with E-state index < -0.39 is 0 Å². The van der Waals surface area contributed by atoms with Crippen LogP contribution < -0.4 is 4.74 Å². The minimum absolute atomic E-state index is 0.0610. The fourth-order valence-electron chi connectivity index (χ4n) is 2.60. The molecule has 6 nitrogen and oxygen atoms in total.